The summed E-state index contributed by atoms with van der Waals surface area (Å²) in [5, 5.41) is 10.8. The number of nitro groups is 1. The molecule has 8 nitrogen and oxygen atoms in total. The number of rotatable bonds is 4. The zero-order valence-electron chi connectivity index (χ0n) is 13.8. The van der Waals surface area contributed by atoms with Crippen LogP contribution < -0.4 is 0 Å². The highest BCUT2D eigenvalue weighted by molar-refractivity contribution is 7.89. The maximum absolute atomic E-state index is 13.1. The van der Waals surface area contributed by atoms with Gasteiger partial charge in [0.2, 0.25) is 10.0 Å². The van der Waals surface area contributed by atoms with Crippen LogP contribution in [-0.2, 0) is 19.6 Å². The molecule has 1 aromatic carbocycles. The molecule has 2 aliphatic rings. The SMILES string of the molecule is CC(=O)OC1C[C@H]2CCC[C@H]2N(S(=O)(=O)c2ccc([N+](=O)[O-])cc2)C1. The molecule has 1 saturated carbocycles. The van der Waals surface area contributed by atoms with Crippen molar-refractivity contribution < 1.29 is 22.9 Å². The molecule has 1 saturated heterocycles. The molecule has 2 fully saturated rings. The second kappa shape index (κ2) is 6.72. The number of fused-ring (bicyclic) bond motifs is 1. The zero-order valence-corrected chi connectivity index (χ0v) is 14.6. The first-order chi connectivity index (χ1) is 11.8. The number of benzene rings is 1. The Hall–Kier alpha value is -2.00. The third-order valence-electron chi connectivity index (χ3n) is 4.92. The molecule has 136 valence electrons. The van der Waals surface area contributed by atoms with Gasteiger partial charge in [-0.25, -0.2) is 8.42 Å². The molecule has 9 heteroatoms. The fraction of sp³-hybridized carbons (Fsp3) is 0.562. The summed E-state index contributed by atoms with van der Waals surface area (Å²) >= 11 is 0. The minimum atomic E-state index is -3.81. The molecule has 3 atom stereocenters. The number of nitrogens with zero attached hydrogens (tertiary/aromatic N) is 2. The Morgan fingerprint density at radius 1 is 1.28 bits per heavy atom. The van der Waals surface area contributed by atoms with Crippen LogP contribution in [-0.4, -0.2) is 42.3 Å². The van der Waals surface area contributed by atoms with Crippen molar-refractivity contribution in [3.63, 3.8) is 0 Å². The smallest absolute Gasteiger partial charge is 0.302 e. The number of sulfonamides is 1. The quantitative estimate of drug-likeness (QED) is 0.457. The topological polar surface area (TPSA) is 107 Å². The molecule has 0 aromatic heterocycles. The van der Waals surface area contributed by atoms with Crippen LogP contribution in [0.1, 0.15) is 32.6 Å². The van der Waals surface area contributed by atoms with E-state index in [-0.39, 0.29) is 29.1 Å². The van der Waals surface area contributed by atoms with Crippen molar-refractivity contribution in [3.8, 4) is 0 Å². The van der Waals surface area contributed by atoms with Gasteiger partial charge in [-0.1, -0.05) is 6.42 Å². The van der Waals surface area contributed by atoms with Gasteiger partial charge in [-0.15, -0.1) is 0 Å². The average Bonchev–Trinajstić information content (AvgIpc) is 3.01. The molecule has 1 heterocycles. The van der Waals surface area contributed by atoms with Crippen LogP contribution in [0.25, 0.3) is 0 Å². The summed E-state index contributed by atoms with van der Waals surface area (Å²) in [6.07, 6.45) is 2.85. The monoisotopic (exact) mass is 368 g/mol. The number of nitro benzene ring substituents is 1. The maximum atomic E-state index is 13.1. The molecule has 25 heavy (non-hydrogen) atoms. The molecular formula is C16H20N2O6S. The lowest BCUT2D eigenvalue weighted by Crippen LogP contribution is -2.52. The molecule has 1 aromatic rings. The average molecular weight is 368 g/mol. The van der Waals surface area contributed by atoms with E-state index < -0.39 is 27.0 Å². The molecule has 0 bridgehead atoms. The summed E-state index contributed by atoms with van der Waals surface area (Å²) < 4.78 is 32.8. The molecule has 1 aliphatic heterocycles. The fourth-order valence-electron chi connectivity index (χ4n) is 3.89. The van der Waals surface area contributed by atoms with Crippen molar-refractivity contribution in [1.82, 2.24) is 4.31 Å². The lowest BCUT2D eigenvalue weighted by Gasteiger charge is -2.40. The Kier molecular flexibility index (Phi) is 4.79. The highest BCUT2D eigenvalue weighted by Gasteiger charge is 2.45. The molecular weight excluding hydrogens is 348 g/mol. The molecule has 0 N–H and O–H groups in total. The van der Waals surface area contributed by atoms with Crippen LogP contribution in [0.2, 0.25) is 0 Å². The van der Waals surface area contributed by atoms with Gasteiger partial charge in [0.25, 0.3) is 5.69 Å². The third kappa shape index (κ3) is 3.52. The van der Waals surface area contributed by atoms with Crippen molar-refractivity contribution in [1.29, 1.82) is 0 Å². The summed E-state index contributed by atoms with van der Waals surface area (Å²) in [7, 11) is -3.81. The number of ether oxygens (including phenoxy) is 1. The lowest BCUT2D eigenvalue weighted by molar-refractivity contribution is -0.384. The molecule has 3 rings (SSSR count). The van der Waals surface area contributed by atoms with Crippen molar-refractivity contribution in [2.45, 2.75) is 49.6 Å². The molecule has 0 amide bonds. The van der Waals surface area contributed by atoms with Crippen LogP contribution in [0.15, 0.2) is 29.2 Å². The van der Waals surface area contributed by atoms with E-state index in [9.17, 15) is 23.3 Å². The van der Waals surface area contributed by atoms with Crippen LogP contribution in [0.3, 0.4) is 0 Å². The number of esters is 1. The lowest BCUT2D eigenvalue weighted by atomic mass is 9.92. The number of carbonyl (C=O) groups is 1. The van der Waals surface area contributed by atoms with Gasteiger partial charge in [0, 0.05) is 25.1 Å². The Balaban J connectivity index is 1.90. The largest absolute Gasteiger partial charge is 0.461 e. The number of hydrogen-bond donors (Lipinski definition) is 0. The fourth-order valence-corrected chi connectivity index (χ4v) is 5.64. The van der Waals surface area contributed by atoms with Gasteiger partial charge in [-0.3, -0.25) is 14.9 Å². The maximum Gasteiger partial charge on any atom is 0.302 e. The number of carbonyl (C=O) groups excluding carboxylic acids is 1. The molecule has 0 radical (unpaired) electrons. The standard InChI is InChI=1S/C16H20N2O6S/c1-11(19)24-14-9-12-3-2-4-16(12)17(10-14)25(22,23)15-7-5-13(6-8-15)18(20)21/h5-8,12,14,16H,2-4,9-10H2,1H3/t12-,14?,16-/m1/s1. The van der Waals surface area contributed by atoms with E-state index in [2.05, 4.69) is 0 Å². The normalized spacial score (nSPS) is 26.8. The van der Waals surface area contributed by atoms with Crippen LogP contribution in [0, 0.1) is 16.0 Å². The Bertz CT molecular complexity index is 776. The van der Waals surface area contributed by atoms with E-state index in [1.165, 1.54) is 35.5 Å². The van der Waals surface area contributed by atoms with Gasteiger partial charge in [0.1, 0.15) is 6.10 Å². The van der Waals surface area contributed by atoms with E-state index in [0.29, 0.717) is 6.42 Å². The second-order valence-electron chi connectivity index (χ2n) is 6.55. The van der Waals surface area contributed by atoms with Crippen LogP contribution >= 0.6 is 0 Å². The van der Waals surface area contributed by atoms with Gasteiger partial charge in [-0.2, -0.15) is 4.31 Å². The van der Waals surface area contributed by atoms with Gasteiger partial charge in [-0.05, 0) is 37.3 Å². The second-order valence-corrected chi connectivity index (χ2v) is 8.44. The van der Waals surface area contributed by atoms with Crippen molar-refractivity contribution >= 4 is 21.7 Å². The minimum Gasteiger partial charge on any atom is -0.461 e. The Morgan fingerprint density at radius 2 is 1.96 bits per heavy atom. The summed E-state index contributed by atoms with van der Waals surface area (Å²) in [5.41, 5.74) is -0.158. The molecule has 1 aliphatic carbocycles. The van der Waals surface area contributed by atoms with E-state index in [4.69, 9.17) is 4.74 Å². The summed E-state index contributed by atoms with van der Waals surface area (Å²) in [6, 6.07) is 4.78. The highest BCUT2D eigenvalue weighted by Crippen LogP contribution is 2.40. The number of piperidine rings is 1. The van der Waals surface area contributed by atoms with Crippen molar-refractivity contribution in [2.75, 3.05) is 6.54 Å². The van der Waals surface area contributed by atoms with Crippen LogP contribution in [0.5, 0.6) is 0 Å². The van der Waals surface area contributed by atoms with E-state index in [1.807, 2.05) is 0 Å². The van der Waals surface area contributed by atoms with E-state index >= 15 is 0 Å². The van der Waals surface area contributed by atoms with E-state index in [1.54, 1.807) is 0 Å². The first kappa shape index (κ1) is 17.8. The van der Waals surface area contributed by atoms with E-state index in [0.717, 1.165) is 19.3 Å². The summed E-state index contributed by atoms with van der Waals surface area (Å²) in [5.74, 6) is -0.250. The summed E-state index contributed by atoms with van der Waals surface area (Å²) in [4.78, 5) is 21.5. The van der Waals surface area contributed by atoms with Gasteiger partial charge < -0.3 is 4.74 Å². The molecule has 1 unspecified atom stereocenters. The Labute approximate surface area is 146 Å². The van der Waals surface area contributed by atoms with Gasteiger partial charge in [0.05, 0.1) is 16.4 Å². The molecule has 0 spiro atoms. The van der Waals surface area contributed by atoms with Gasteiger partial charge in [0.15, 0.2) is 0 Å². The predicted octanol–water partition coefficient (Wildman–Crippen LogP) is 2.09. The minimum absolute atomic E-state index is 0.0206. The van der Waals surface area contributed by atoms with Gasteiger partial charge >= 0.3 is 5.97 Å². The Morgan fingerprint density at radius 3 is 2.56 bits per heavy atom. The number of hydrogen-bond acceptors (Lipinski definition) is 6. The first-order valence-corrected chi connectivity index (χ1v) is 9.66. The third-order valence-corrected chi connectivity index (χ3v) is 6.83. The summed E-state index contributed by atoms with van der Waals surface area (Å²) in [6.45, 7) is 1.44. The number of non-ortho nitro benzene ring substituents is 1. The van der Waals surface area contributed by atoms with Crippen molar-refractivity contribution in [2.24, 2.45) is 5.92 Å². The highest BCUT2D eigenvalue weighted by atomic mass is 32.2. The predicted molar refractivity (Wildman–Crippen MR) is 88.3 cm³/mol. The van der Waals surface area contributed by atoms with Crippen LogP contribution in [0.4, 0.5) is 5.69 Å². The zero-order chi connectivity index (χ0) is 18.2. The first-order valence-electron chi connectivity index (χ1n) is 8.22. The van der Waals surface area contributed by atoms with Crippen molar-refractivity contribution in [3.05, 3.63) is 34.4 Å².